The van der Waals surface area contributed by atoms with Gasteiger partial charge < -0.3 is 0 Å². The number of aromatic nitrogens is 3. The zero-order valence-electron chi connectivity index (χ0n) is 20.7. The number of para-hydroxylation sites is 4. The lowest BCUT2D eigenvalue weighted by atomic mass is 10.2. The van der Waals surface area contributed by atoms with E-state index in [1.165, 1.54) is 0 Å². The Hall–Kier alpha value is -5.29. The number of hydrogen-bond donors (Lipinski definition) is 0. The van der Waals surface area contributed by atoms with Crippen LogP contribution in [0.4, 0.5) is 34.6 Å². The quantitative estimate of drug-likeness (QED) is 0.224. The summed E-state index contributed by atoms with van der Waals surface area (Å²) in [6, 6.07) is 50.7. The molecule has 0 unspecified atom stereocenters. The van der Waals surface area contributed by atoms with Gasteiger partial charge in [0.1, 0.15) is 0 Å². The van der Waals surface area contributed by atoms with Crippen molar-refractivity contribution in [2.45, 2.75) is 0 Å². The van der Waals surface area contributed by atoms with E-state index >= 15 is 0 Å². The number of hydrogen-bond acceptors (Lipinski definition) is 5. The molecular weight excluding hydrogens is 466 g/mol. The summed E-state index contributed by atoms with van der Waals surface area (Å²) in [5, 5.41) is 0. The van der Waals surface area contributed by atoms with Crippen LogP contribution in [0, 0.1) is 0 Å². The maximum Gasteiger partial charge on any atom is 0.240 e. The molecule has 6 rings (SSSR count). The van der Waals surface area contributed by atoms with E-state index < -0.39 is 0 Å². The van der Waals surface area contributed by atoms with E-state index in [1.54, 1.807) is 0 Å². The van der Waals surface area contributed by atoms with Crippen molar-refractivity contribution in [2.24, 2.45) is 0 Å². The first kappa shape index (κ1) is 23.1. The van der Waals surface area contributed by atoms with Crippen LogP contribution >= 0.6 is 0 Å². The Bertz CT molecular complexity index is 1410. The molecular formula is C33H25N5. The van der Waals surface area contributed by atoms with Crippen molar-refractivity contribution < 1.29 is 0 Å². The summed E-state index contributed by atoms with van der Waals surface area (Å²) in [5.74, 6) is 1.66. The van der Waals surface area contributed by atoms with Gasteiger partial charge in [-0.15, -0.1) is 0 Å². The zero-order valence-corrected chi connectivity index (χ0v) is 20.7. The molecule has 0 spiro atoms. The third-order valence-electron chi connectivity index (χ3n) is 6.10. The predicted molar refractivity (Wildman–Crippen MR) is 155 cm³/mol. The number of rotatable bonds is 7. The van der Waals surface area contributed by atoms with Crippen LogP contribution < -0.4 is 9.80 Å². The zero-order chi connectivity index (χ0) is 25.6. The molecule has 1 aromatic heterocycles. The normalized spacial score (nSPS) is 10.6. The highest BCUT2D eigenvalue weighted by molar-refractivity contribution is 5.77. The Kier molecular flexibility index (Phi) is 6.55. The van der Waals surface area contributed by atoms with Crippen molar-refractivity contribution in [3.63, 3.8) is 0 Å². The summed E-state index contributed by atoms with van der Waals surface area (Å²) in [6.45, 7) is 0. The molecule has 5 aromatic carbocycles. The summed E-state index contributed by atoms with van der Waals surface area (Å²) >= 11 is 0. The van der Waals surface area contributed by atoms with Crippen LogP contribution in [-0.4, -0.2) is 15.0 Å². The standard InChI is InChI=1S/C33H25N5/c1-6-16-26(17-7-1)31-34-32(37(27-18-8-2-9-19-27)28-20-10-3-11-21-28)36-33(35-31)38(29-22-12-4-13-23-29)30-24-14-5-15-25-30/h1-25H. The van der Waals surface area contributed by atoms with E-state index in [0.29, 0.717) is 17.7 Å². The molecule has 0 saturated carbocycles. The van der Waals surface area contributed by atoms with Crippen molar-refractivity contribution >= 4 is 34.6 Å². The molecule has 0 aliphatic rings. The van der Waals surface area contributed by atoms with Crippen molar-refractivity contribution in [3.05, 3.63) is 152 Å². The molecule has 0 aliphatic carbocycles. The average Bonchev–Trinajstić information content (AvgIpc) is 3.00. The maximum atomic E-state index is 5.09. The Labute approximate surface area is 222 Å². The van der Waals surface area contributed by atoms with Crippen LogP contribution in [0.25, 0.3) is 11.4 Å². The Morgan fingerprint density at radius 3 is 0.921 bits per heavy atom. The van der Waals surface area contributed by atoms with Crippen LogP contribution in [0.1, 0.15) is 0 Å². The van der Waals surface area contributed by atoms with Crippen LogP contribution in [0.5, 0.6) is 0 Å². The molecule has 0 amide bonds. The Morgan fingerprint density at radius 2 is 0.605 bits per heavy atom. The molecule has 1 heterocycles. The van der Waals surface area contributed by atoms with E-state index in [-0.39, 0.29) is 0 Å². The molecule has 0 fully saturated rings. The van der Waals surface area contributed by atoms with Crippen LogP contribution in [0.15, 0.2) is 152 Å². The van der Waals surface area contributed by atoms with E-state index in [4.69, 9.17) is 15.0 Å². The molecule has 0 aliphatic heterocycles. The highest BCUT2D eigenvalue weighted by atomic mass is 15.3. The fraction of sp³-hybridized carbons (Fsp3) is 0. The molecule has 5 heteroatoms. The highest BCUT2D eigenvalue weighted by Gasteiger charge is 2.22. The maximum absolute atomic E-state index is 5.09. The SMILES string of the molecule is c1ccc(-c2nc(N(c3ccccc3)c3ccccc3)nc(N(c3ccccc3)c3ccccc3)n2)cc1. The van der Waals surface area contributed by atoms with Gasteiger partial charge in [-0.25, -0.2) is 0 Å². The summed E-state index contributed by atoms with van der Waals surface area (Å²) in [7, 11) is 0. The minimum absolute atomic E-state index is 0.531. The second-order valence-electron chi connectivity index (χ2n) is 8.64. The van der Waals surface area contributed by atoms with Crippen molar-refractivity contribution in [1.29, 1.82) is 0 Å². The Balaban J connectivity index is 1.61. The first-order valence-electron chi connectivity index (χ1n) is 12.5. The first-order valence-corrected chi connectivity index (χ1v) is 12.5. The summed E-state index contributed by atoms with van der Waals surface area (Å²) in [5.41, 5.74) is 4.75. The molecule has 0 bridgehead atoms. The molecule has 5 nitrogen and oxygen atoms in total. The molecule has 6 aromatic rings. The van der Waals surface area contributed by atoms with Crippen LogP contribution in [0.2, 0.25) is 0 Å². The third kappa shape index (κ3) is 4.86. The lowest BCUT2D eigenvalue weighted by Crippen LogP contribution is -2.19. The topological polar surface area (TPSA) is 45.2 Å². The smallest absolute Gasteiger partial charge is 0.240 e. The van der Waals surface area contributed by atoms with Crippen molar-refractivity contribution in [3.8, 4) is 11.4 Å². The van der Waals surface area contributed by atoms with E-state index in [1.807, 2.05) is 103 Å². The average molecular weight is 492 g/mol. The Morgan fingerprint density at radius 1 is 0.316 bits per heavy atom. The van der Waals surface area contributed by atoms with Gasteiger partial charge in [0.25, 0.3) is 0 Å². The van der Waals surface area contributed by atoms with Gasteiger partial charge in [-0.05, 0) is 48.5 Å². The first-order chi connectivity index (χ1) is 18.9. The van der Waals surface area contributed by atoms with E-state index in [0.717, 1.165) is 28.3 Å². The lowest BCUT2D eigenvalue weighted by Gasteiger charge is -2.27. The van der Waals surface area contributed by atoms with Gasteiger partial charge in [-0.3, -0.25) is 9.80 Å². The summed E-state index contributed by atoms with van der Waals surface area (Å²) in [6.07, 6.45) is 0. The largest absolute Gasteiger partial charge is 0.279 e. The molecule has 0 saturated heterocycles. The minimum atomic E-state index is 0.531. The fourth-order valence-corrected chi connectivity index (χ4v) is 4.34. The van der Waals surface area contributed by atoms with Crippen LogP contribution in [0.3, 0.4) is 0 Å². The van der Waals surface area contributed by atoms with Gasteiger partial charge in [0.05, 0.1) is 0 Å². The predicted octanol–water partition coefficient (Wildman–Crippen LogP) is 8.48. The van der Waals surface area contributed by atoms with Gasteiger partial charge in [0, 0.05) is 28.3 Å². The molecule has 0 atom stereocenters. The molecule has 38 heavy (non-hydrogen) atoms. The monoisotopic (exact) mass is 491 g/mol. The fourth-order valence-electron chi connectivity index (χ4n) is 4.34. The summed E-state index contributed by atoms with van der Waals surface area (Å²) < 4.78 is 0. The highest BCUT2D eigenvalue weighted by Crippen LogP contribution is 2.37. The van der Waals surface area contributed by atoms with Gasteiger partial charge in [-0.1, -0.05) is 103 Å². The van der Waals surface area contributed by atoms with E-state index in [9.17, 15) is 0 Å². The van der Waals surface area contributed by atoms with Crippen LogP contribution in [-0.2, 0) is 0 Å². The minimum Gasteiger partial charge on any atom is -0.279 e. The third-order valence-corrected chi connectivity index (χ3v) is 6.10. The second-order valence-corrected chi connectivity index (χ2v) is 8.64. The second kappa shape index (κ2) is 10.8. The number of nitrogens with zero attached hydrogens (tertiary/aromatic N) is 5. The summed E-state index contributed by atoms with van der Waals surface area (Å²) in [4.78, 5) is 19.2. The molecule has 0 N–H and O–H groups in total. The molecule has 0 radical (unpaired) electrons. The van der Waals surface area contributed by atoms with Crippen molar-refractivity contribution in [1.82, 2.24) is 15.0 Å². The molecule has 182 valence electrons. The van der Waals surface area contributed by atoms with Gasteiger partial charge in [0.2, 0.25) is 11.9 Å². The van der Waals surface area contributed by atoms with Gasteiger partial charge in [0.15, 0.2) is 5.82 Å². The van der Waals surface area contributed by atoms with E-state index in [2.05, 4.69) is 58.3 Å². The number of benzene rings is 5. The van der Waals surface area contributed by atoms with Gasteiger partial charge >= 0.3 is 0 Å². The lowest BCUT2D eigenvalue weighted by molar-refractivity contribution is 0.988. The number of anilines is 6. The van der Waals surface area contributed by atoms with Gasteiger partial charge in [-0.2, -0.15) is 15.0 Å². The van der Waals surface area contributed by atoms with Crippen molar-refractivity contribution in [2.75, 3.05) is 9.80 Å².